The van der Waals surface area contributed by atoms with Crippen molar-refractivity contribution in [1.29, 1.82) is 0 Å². The van der Waals surface area contributed by atoms with E-state index in [0.717, 1.165) is 11.3 Å². The highest BCUT2D eigenvalue weighted by molar-refractivity contribution is 6.30. The summed E-state index contributed by atoms with van der Waals surface area (Å²) in [6.07, 6.45) is 1.67. The molecule has 3 N–H and O–H groups in total. The van der Waals surface area contributed by atoms with E-state index >= 15 is 0 Å². The number of rotatable bonds is 6. The van der Waals surface area contributed by atoms with E-state index in [0.29, 0.717) is 34.6 Å². The Bertz CT molecular complexity index is 854. The van der Waals surface area contributed by atoms with Gasteiger partial charge in [-0.1, -0.05) is 17.7 Å². The van der Waals surface area contributed by atoms with Gasteiger partial charge in [0.25, 0.3) is 0 Å². The molecule has 0 saturated heterocycles. The zero-order chi connectivity index (χ0) is 17.6. The number of hydrogen-bond donors (Lipinski definition) is 2. The number of nitrogens with zero attached hydrogens (tertiary/aromatic N) is 1. The maximum atomic E-state index is 6.09. The van der Waals surface area contributed by atoms with Crippen molar-refractivity contribution >= 4 is 28.8 Å². The smallest absolute Gasteiger partial charge is 0.134 e. The van der Waals surface area contributed by atoms with E-state index < -0.39 is 0 Å². The quantitative estimate of drug-likeness (QED) is 0.609. The Hall–Kier alpha value is -2.76. The molecule has 0 atom stereocenters. The van der Waals surface area contributed by atoms with E-state index in [1.807, 2.05) is 30.3 Å². The molecule has 0 fully saturated rings. The van der Waals surface area contributed by atoms with E-state index in [2.05, 4.69) is 10.3 Å². The van der Waals surface area contributed by atoms with E-state index in [1.54, 1.807) is 37.6 Å². The first-order chi connectivity index (χ1) is 12.1. The van der Waals surface area contributed by atoms with Crippen molar-refractivity contribution in [2.75, 3.05) is 18.2 Å². The summed E-state index contributed by atoms with van der Waals surface area (Å²) in [5.41, 5.74) is 8.50. The standard InChI is InChI=1S/C19H18ClN3O2/c1-24-12-13-2-7-18(17(21)10-13)23-19-11-16(8-9-22-19)25-15-5-3-14(20)4-6-15/h2-11H,12,21H2,1H3,(H,22,23). The third-order valence-corrected chi connectivity index (χ3v) is 3.72. The van der Waals surface area contributed by atoms with E-state index in [-0.39, 0.29) is 0 Å². The van der Waals surface area contributed by atoms with Crippen LogP contribution in [0.1, 0.15) is 5.56 Å². The van der Waals surface area contributed by atoms with Gasteiger partial charge in [0, 0.05) is 24.4 Å². The van der Waals surface area contributed by atoms with Crippen LogP contribution in [-0.4, -0.2) is 12.1 Å². The fraction of sp³-hybridized carbons (Fsp3) is 0.105. The van der Waals surface area contributed by atoms with E-state index in [1.165, 1.54) is 0 Å². The minimum absolute atomic E-state index is 0.521. The van der Waals surface area contributed by atoms with Crippen LogP contribution in [0.4, 0.5) is 17.2 Å². The monoisotopic (exact) mass is 355 g/mol. The highest BCUT2D eigenvalue weighted by Gasteiger charge is 2.05. The minimum atomic E-state index is 0.521. The van der Waals surface area contributed by atoms with Gasteiger partial charge in [-0.15, -0.1) is 0 Å². The van der Waals surface area contributed by atoms with Gasteiger partial charge >= 0.3 is 0 Å². The average molecular weight is 356 g/mol. The number of hydrogen-bond acceptors (Lipinski definition) is 5. The SMILES string of the molecule is COCc1ccc(Nc2cc(Oc3ccc(Cl)cc3)ccn2)c(N)c1. The number of anilines is 3. The summed E-state index contributed by atoms with van der Waals surface area (Å²) < 4.78 is 10.9. The molecular formula is C19H18ClN3O2. The predicted molar refractivity (Wildman–Crippen MR) is 101 cm³/mol. The molecule has 5 nitrogen and oxygen atoms in total. The molecule has 3 rings (SSSR count). The van der Waals surface area contributed by atoms with Crippen LogP contribution in [0.25, 0.3) is 0 Å². The second-order valence-corrected chi connectivity index (χ2v) is 5.85. The highest BCUT2D eigenvalue weighted by Crippen LogP contribution is 2.27. The topological polar surface area (TPSA) is 69.4 Å². The van der Waals surface area contributed by atoms with Gasteiger partial charge in [0.15, 0.2) is 0 Å². The number of aromatic nitrogens is 1. The van der Waals surface area contributed by atoms with Crippen LogP contribution < -0.4 is 15.8 Å². The predicted octanol–water partition coefficient (Wildman–Crippen LogP) is 5.00. The van der Waals surface area contributed by atoms with E-state index in [9.17, 15) is 0 Å². The summed E-state index contributed by atoms with van der Waals surface area (Å²) in [5.74, 6) is 2.00. The summed E-state index contributed by atoms with van der Waals surface area (Å²) in [6.45, 7) is 0.521. The first kappa shape index (κ1) is 17.1. The zero-order valence-corrected chi connectivity index (χ0v) is 14.5. The second kappa shape index (κ2) is 7.88. The number of pyridine rings is 1. The molecule has 2 aromatic carbocycles. The Morgan fingerprint density at radius 2 is 1.84 bits per heavy atom. The summed E-state index contributed by atoms with van der Waals surface area (Å²) in [5, 5.41) is 3.86. The van der Waals surface area contributed by atoms with Crippen LogP contribution in [0, 0.1) is 0 Å². The molecule has 0 spiro atoms. The Morgan fingerprint density at radius 3 is 2.56 bits per heavy atom. The summed E-state index contributed by atoms with van der Waals surface area (Å²) in [6, 6.07) is 16.5. The van der Waals surface area contributed by atoms with Gasteiger partial charge in [-0.3, -0.25) is 0 Å². The molecule has 0 aliphatic carbocycles. The van der Waals surface area contributed by atoms with Crippen LogP contribution in [-0.2, 0) is 11.3 Å². The molecule has 0 radical (unpaired) electrons. The molecule has 128 valence electrons. The molecule has 0 unspecified atom stereocenters. The number of benzene rings is 2. The largest absolute Gasteiger partial charge is 0.457 e. The van der Waals surface area contributed by atoms with Gasteiger partial charge in [-0.25, -0.2) is 4.98 Å². The van der Waals surface area contributed by atoms with Gasteiger partial charge in [0.2, 0.25) is 0 Å². The second-order valence-electron chi connectivity index (χ2n) is 5.41. The van der Waals surface area contributed by atoms with E-state index in [4.69, 9.17) is 26.8 Å². The first-order valence-corrected chi connectivity index (χ1v) is 8.05. The first-order valence-electron chi connectivity index (χ1n) is 7.68. The van der Waals surface area contributed by atoms with Crippen molar-refractivity contribution < 1.29 is 9.47 Å². The Morgan fingerprint density at radius 1 is 1.04 bits per heavy atom. The lowest BCUT2D eigenvalue weighted by Crippen LogP contribution is -2.00. The van der Waals surface area contributed by atoms with Gasteiger partial charge in [0.05, 0.1) is 18.0 Å². The normalized spacial score (nSPS) is 10.5. The highest BCUT2D eigenvalue weighted by atomic mass is 35.5. The number of ether oxygens (including phenoxy) is 2. The van der Waals surface area contributed by atoms with Crippen molar-refractivity contribution in [2.45, 2.75) is 6.61 Å². The molecule has 6 heteroatoms. The van der Waals surface area contributed by atoms with Gasteiger partial charge in [-0.2, -0.15) is 0 Å². The van der Waals surface area contributed by atoms with Crippen molar-refractivity contribution in [3.8, 4) is 11.5 Å². The summed E-state index contributed by atoms with van der Waals surface area (Å²) in [4.78, 5) is 4.30. The Balaban J connectivity index is 1.74. The average Bonchev–Trinajstić information content (AvgIpc) is 2.60. The molecule has 0 saturated carbocycles. The van der Waals surface area contributed by atoms with Crippen LogP contribution in [0.15, 0.2) is 60.8 Å². The Labute approximate surface area is 151 Å². The number of nitrogen functional groups attached to an aromatic ring is 1. The molecule has 0 bridgehead atoms. The Kier molecular flexibility index (Phi) is 5.38. The molecular weight excluding hydrogens is 338 g/mol. The van der Waals surface area contributed by atoms with Crippen LogP contribution >= 0.6 is 11.6 Å². The zero-order valence-electron chi connectivity index (χ0n) is 13.7. The van der Waals surface area contributed by atoms with Crippen molar-refractivity contribution in [1.82, 2.24) is 4.98 Å². The van der Waals surface area contributed by atoms with Gasteiger partial charge < -0.3 is 20.5 Å². The van der Waals surface area contributed by atoms with Crippen molar-refractivity contribution in [3.05, 3.63) is 71.4 Å². The van der Waals surface area contributed by atoms with Gasteiger partial charge in [0.1, 0.15) is 17.3 Å². The van der Waals surface area contributed by atoms with Crippen molar-refractivity contribution in [2.24, 2.45) is 0 Å². The number of halogens is 1. The van der Waals surface area contributed by atoms with Gasteiger partial charge in [-0.05, 0) is 48.0 Å². The molecule has 25 heavy (non-hydrogen) atoms. The number of methoxy groups -OCH3 is 1. The molecule has 0 aliphatic heterocycles. The van der Waals surface area contributed by atoms with Crippen LogP contribution in [0.2, 0.25) is 5.02 Å². The number of nitrogens with one attached hydrogen (secondary N) is 1. The number of nitrogens with two attached hydrogens (primary N) is 1. The fourth-order valence-electron chi connectivity index (χ4n) is 2.30. The van der Waals surface area contributed by atoms with Crippen LogP contribution in [0.5, 0.6) is 11.5 Å². The van der Waals surface area contributed by atoms with Crippen molar-refractivity contribution in [3.63, 3.8) is 0 Å². The lowest BCUT2D eigenvalue weighted by atomic mass is 10.2. The third kappa shape index (κ3) is 4.62. The summed E-state index contributed by atoms with van der Waals surface area (Å²) >= 11 is 5.88. The molecule has 1 heterocycles. The summed E-state index contributed by atoms with van der Waals surface area (Å²) in [7, 11) is 1.65. The molecule has 0 aliphatic rings. The molecule has 0 amide bonds. The van der Waals surface area contributed by atoms with Crippen LogP contribution in [0.3, 0.4) is 0 Å². The lowest BCUT2D eigenvalue weighted by Gasteiger charge is -2.11. The molecule has 1 aromatic heterocycles. The maximum Gasteiger partial charge on any atom is 0.134 e. The minimum Gasteiger partial charge on any atom is -0.457 e. The molecule has 3 aromatic rings. The fourth-order valence-corrected chi connectivity index (χ4v) is 2.43. The lowest BCUT2D eigenvalue weighted by molar-refractivity contribution is 0.185. The third-order valence-electron chi connectivity index (χ3n) is 3.47. The maximum absolute atomic E-state index is 6.09.